The number of nitriles is 1. The first-order valence-electron chi connectivity index (χ1n) is 11.2. The van der Waals surface area contributed by atoms with Crippen LogP contribution in [0.3, 0.4) is 0 Å². The molecule has 9 nitrogen and oxygen atoms in total. The van der Waals surface area contributed by atoms with Crippen molar-refractivity contribution in [2.45, 2.75) is 6.92 Å². The number of nitrogens with one attached hydrogen (secondary N) is 2. The number of nitrogens with zero attached hydrogens (tertiary/aromatic N) is 4. The van der Waals surface area contributed by atoms with Crippen LogP contribution in [0.25, 0.3) is 16.6 Å². The maximum atomic E-state index is 13.1. The zero-order valence-electron chi connectivity index (χ0n) is 19.3. The van der Waals surface area contributed by atoms with Gasteiger partial charge in [-0.3, -0.25) is 4.79 Å². The van der Waals surface area contributed by atoms with Gasteiger partial charge in [-0.05, 0) is 54.3 Å². The molecule has 5 N–H and O–H groups in total. The van der Waals surface area contributed by atoms with E-state index in [4.69, 9.17) is 0 Å². The molecule has 0 unspecified atom stereocenters. The molecule has 5 rings (SSSR count). The van der Waals surface area contributed by atoms with Crippen LogP contribution >= 0.6 is 0 Å². The minimum absolute atomic E-state index is 0.127. The molecule has 0 aliphatic carbocycles. The van der Waals surface area contributed by atoms with E-state index in [-0.39, 0.29) is 11.3 Å². The molecule has 5 aromatic rings. The minimum atomic E-state index is -0.435. The van der Waals surface area contributed by atoms with Crippen LogP contribution < -0.4 is 16.2 Å². The van der Waals surface area contributed by atoms with Crippen LogP contribution in [0.1, 0.15) is 21.5 Å². The molecule has 0 aliphatic rings. The normalized spacial score (nSPS) is 10.7. The number of aromatic nitrogens is 3. The fourth-order valence-corrected chi connectivity index (χ4v) is 3.97. The van der Waals surface area contributed by atoms with Crippen molar-refractivity contribution in [3.05, 3.63) is 102 Å². The van der Waals surface area contributed by atoms with Gasteiger partial charge >= 0.3 is 0 Å². The van der Waals surface area contributed by atoms with Gasteiger partial charge in [-0.25, -0.2) is 15.8 Å². The summed E-state index contributed by atoms with van der Waals surface area (Å²) in [6.07, 6.45) is 3.07. The topological polar surface area (TPSA) is 132 Å². The van der Waals surface area contributed by atoms with Gasteiger partial charge in [0.1, 0.15) is 11.6 Å². The fourth-order valence-electron chi connectivity index (χ4n) is 3.97. The molecule has 2 heterocycles. The Morgan fingerprint density at radius 1 is 1.08 bits per heavy atom. The van der Waals surface area contributed by atoms with E-state index in [9.17, 15) is 15.2 Å². The van der Waals surface area contributed by atoms with Gasteiger partial charge in [0, 0.05) is 17.3 Å². The van der Waals surface area contributed by atoms with E-state index in [1.54, 1.807) is 35.9 Å². The molecule has 0 aliphatic heterocycles. The first-order chi connectivity index (χ1) is 17.5. The van der Waals surface area contributed by atoms with Gasteiger partial charge < -0.3 is 10.4 Å². The van der Waals surface area contributed by atoms with Gasteiger partial charge in [0.05, 0.1) is 11.8 Å². The zero-order valence-corrected chi connectivity index (χ0v) is 19.3. The van der Waals surface area contributed by atoms with Crippen molar-refractivity contribution in [2.75, 3.05) is 10.7 Å². The fraction of sp³-hybridized carbons (Fsp3) is 0.0370. The summed E-state index contributed by atoms with van der Waals surface area (Å²) in [6.45, 7) is 1.94. The van der Waals surface area contributed by atoms with Crippen molar-refractivity contribution < 1.29 is 15.3 Å². The maximum absolute atomic E-state index is 13.1. The number of hydrogen-bond acceptors (Lipinski definition) is 6. The van der Waals surface area contributed by atoms with E-state index in [1.165, 1.54) is 10.9 Å². The van der Waals surface area contributed by atoms with Crippen LogP contribution in [0.15, 0.2) is 85.2 Å². The molecule has 9 heteroatoms. The number of benzene rings is 3. The summed E-state index contributed by atoms with van der Waals surface area (Å²) >= 11 is 0. The lowest BCUT2D eigenvalue weighted by Gasteiger charge is -2.14. The third-order valence-electron chi connectivity index (χ3n) is 5.69. The van der Waals surface area contributed by atoms with Crippen LogP contribution in [0.2, 0.25) is 0 Å². The third kappa shape index (κ3) is 4.32. The van der Waals surface area contributed by atoms with Crippen molar-refractivity contribution in [3.63, 3.8) is 0 Å². The maximum Gasteiger partial charge on any atom is 0.259 e. The van der Waals surface area contributed by atoms with Gasteiger partial charge in [0.2, 0.25) is 5.69 Å². The first kappa shape index (κ1) is 22.6. The molecule has 1 amide bonds. The number of amides is 1. The Morgan fingerprint density at radius 2 is 1.92 bits per heavy atom. The molecule has 0 spiro atoms. The average Bonchev–Trinajstić information content (AvgIpc) is 3.31. The monoisotopic (exact) mass is 476 g/mol. The van der Waals surface area contributed by atoms with E-state index < -0.39 is 5.91 Å². The Labute approximate surface area is 206 Å². The zero-order chi connectivity index (χ0) is 25.1. The number of hydrogen-bond donors (Lipinski definition) is 4. The second-order valence-corrected chi connectivity index (χ2v) is 8.14. The molecular formula is C27H22N7O2+. The van der Waals surface area contributed by atoms with Crippen LogP contribution in [0.5, 0.6) is 5.75 Å². The predicted molar refractivity (Wildman–Crippen MR) is 136 cm³/mol. The van der Waals surface area contributed by atoms with Crippen LogP contribution in [-0.4, -0.2) is 25.8 Å². The van der Waals surface area contributed by atoms with E-state index >= 15 is 0 Å². The molecular weight excluding hydrogens is 454 g/mol. The van der Waals surface area contributed by atoms with E-state index in [0.29, 0.717) is 28.6 Å². The van der Waals surface area contributed by atoms with Gasteiger partial charge in [0.15, 0.2) is 17.4 Å². The lowest BCUT2D eigenvalue weighted by atomic mass is 10.0. The summed E-state index contributed by atoms with van der Waals surface area (Å²) in [5.41, 5.74) is 7.14. The van der Waals surface area contributed by atoms with Crippen molar-refractivity contribution in [1.82, 2.24) is 14.8 Å². The smallest absolute Gasteiger partial charge is 0.259 e. The number of quaternary nitrogens is 1. The Morgan fingerprint density at radius 3 is 2.69 bits per heavy atom. The van der Waals surface area contributed by atoms with Gasteiger partial charge in [-0.2, -0.15) is 15.0 Å². The number of aryl methyl sites for hydroxylation is 1. The molecule has 36 heavy (non-hydrogen) atoms. The highest BCUT2D eigenvalue weighted by Gasteiger charge is 2.23. The number of carbonyl (C=O) groups excluding carboxylic acids is 1. The van der Waals surface area contributed by atoms with E-state index in [0.717, 1.165) is 16.3 Å². The van der Waals surface area contributed by atoms with Crippen molar-refractivity contribution >= 4 is 33.9 Å². The summed E-state index contributed by atoms with van der Waals surface area (Å²) in [6, 6.07) is 24.0. The van der Waals surface area contributed by atoms with Crippen molar-refractivity contribution in [3.8, 4) is 17.6 Å². The predicted octanol–water partition coefficient (Wildman–Crippen LogP) is 3.78. The van der Waals surface area contributed by atoms with Crippen molar-refractivity contribution in [1.29, 1.82) is 5.26 Å². The van der Waals surface area contributed by atoms with Gasteiger partial charge in [-0.15, -0.1) is 0 Å². The van der Waals surface area contributed by atoms with Crippen molar-refractivity contribution in [2.24, 2.45) is 0 Å². The number of fused-ring (bicyclic) bond motifs is 1. The lowest BCUT2D eigenvalue weighted by molar-refractivity contribution is -0.538. The highest BCUT2D eigenvalue weighted by Crippen LogP contribution is 2.33. The number of rotatable bonds is 6. The third-order valence-corrected chi connectivity index (χ3v) is 5.69. The summed E-state index contributed by atoms with van der Waals surface area (Å²) in [4.78, 5) is 17.4. The Balaban J connectivity index is 1.53. The van der Waals surface area contributed by atoms with Gasteiger partial charge in [-0.1, -0.05) is 36.4 Å². The van der Waals surface area contributed by atoms with E-state index in [1.807, 2.05) is 55.5 Å². The first-order valence-corrected chi connectivity index (χ1v) is 11.2. The number of nitrogen functional groups attached to an aromatic ring is 1. The molecule has 0 atom stereocenters. The molecule has 0 fully saturated rings. The summed E-state index contributed by atoms with van der Waals surface area (Å²) in [7, 11) is 0. The number of carbonyl (C=O) groups is 1. The minimum Gasteiger partial charge on any atom is -0.502 e. The SMILES string of the molecule is Cc1cccc(NC(=O)c2cc3ccccc3c([NH2+]Nc3c(C#N)cnn3-c3ccccn3)c2O)c1. The highest BCUT2D eigenvalue weighted by atomic mass is 16.3. The standard InChI is InChI=1S/C27H21N7O2/c1-17-7-6-9-20(13-17)31-27(36)22-14-18-8-2-3-10-21(18)24(25(22)35)32-33-26-19(15-28)16-30-34(26)23-11-4-5-12-29-23/h2-14,16,32-33,35H,1H3,(H,31,36)/p+1. The average molecular weight is 477 g/mol. The van der Waals surface area contributed by atoms with Crippen LogP contribution in [0.4, 0.5) is 17.2 Å². The van der Waals surface area contributed by atoms with E-state index in [2.05, 4.69) is 26.9 Å². The Hall–Kier alpha value is -5.20. The van der Waals surface area contributed by atoms with Crippen LogP contribution in [0, 0.1) is 18.3 Å². The largest absolute Gasteiger partial charge is 0.502 e. The second-order valence-electron chi connectivity index (χ2n) is 8.14. The molecule has 0 saturated carbocycles. The number of anilines is 2. The molecule has 176 valence electrons. The molecule has 3 aromatic carbocycles. The number of nitrogens with two attached hydrogens (primary N) is 1. The molecule has 0 bridgehead atoms. The van der Waals surface area contributed by atoms with Gasteiger partial charge in [0.25, 0.3) is 5.91 Å². The molecule has 0 radical (unpaired) electrons. The number of aromatic hydroxyl groups is 1. The number of pyridine rings is 1. The Kier molecular flexibility index (Phi) is 6.01. The summed E-state index contributed by atoms with van der Waals surface area (Å²) in [5, 5.41) is 29.4. The number of phenols is 1. The second kappa shape index (κ2) is 9.58. The van der Waals surface area contributed by atoms with Crippen LogP contribution in [-0.2, 0) is 0 Å². The summed E-state index contributed by atoms with van der Waals surface area (Å²) in [5.74, 6) is 0.285. The Bertz CT molecular complexity index is 1620. The quantitative estimate of drug-likeness (QED) is 0.128. The number of phenolic OH excluding ortho intramolecular Hbond substituents is 1. The highest BCUT2D eigenvalue weighted by molar-refractivity contribution is 6.11. The molecule has 2 aromatic heterocycles. The molecule has 0 saturated heterocycles. The lowest BCUT2D eigenvalue weighted by Crippen LogP contribution is -2.83. The summed E-state index contributed by atoms with van der Waals surface area (Å²) < 4.78 is 1.50.